The first-order valence-corrected chi connectivity index (χ1v) is 13.1. The van der Waals surface area contributed by atoms with Gasteiger partial charge in [0.15, 0.2) is 0 Å². The van der Waals surface area contributed by atoms with Crippen LogP contribution in [-0.4, -0.2) is 42.7 Å². The van der Waals surface area contributed by atoms with E-state index in [1.165, 1.54) is 28.7 Å². The zero-order valence-corrected chi connectivity index (χ0v) is 20.2. The van der Waals surface area contributed by atoms with Crippen LogP contribution in [0.3, 0.4) is 0 Å². The topological polar surface area (TPSA) is 84.9 Å². The molecule has 1 aliphatic carbocycles. The molecule has 0 radical (unpaired) electrons. The fourth-order valence-electron chi connectivity index (χ4n) is 3.91. The molecule has 1 amide bonds. The van der Waals surface area contributed by atoms with Crippen molar-refractivity contribution < 1.29 is 24.2 Å². The zero-order chi connectivity index (χ0) is 23.9. The Kier molecular flexibility index (Phi) is 8.16. The van der Waals surface area contributed by atoms with Gasteiger partial charge >= 0.3 is 12.1 Å². The molecule has 0 bridgehead atoms. The van der Waals surface area contributed by atoms with E-state index in [1.54, 1.807) is 0 Å². The van der Waals surface area contributed by atoms with Gasteiger partial charge in [0.25, 0.3) is 0 Å². The van der Waals surface area contributed by atoms with Gasteiger partial charge in [-0.1, -0.05) is 82.3 Å². The second-order valence-corrected chi connectivity index (χ2v) is 10.1. The lowest BCUT2D eigenvalue weighted by Gasteiger charge is -2.18. The average Bonchev–Trinajstić information content (AvgIpc) is 3.20. The molecule has 176 valence electrons. The lowest BCUT2D eigenvalue weighted by atomic mass is 9.98. The number of aliphatic hydroxyl groups is 1. The van der Waals surface area contributed by atoms with Crippen molar-refractivity contribution >= 4 is 33.7 Å². The first kappa shape index (κ1) is 24.2. The van der Waals surface area contributed by atoms with Crippen LogP contribution in [0.4, 0.5) is 4.79 Å². The quantitative estimate of drug-likeness (QED) is 0.319. The van der Waals surface area contributed by atoms with Crippen LogP contribution >= 0.6 is 21.6 Å². The van der Waals surface area contributed by atoms with E-state index in [0.29, 0.717) is 5.75 Å². The SMILES string of the molecule is COC(=O)C(CSSc1ccc(CO)cc1)NC(=O)OCC1c2ccccc2-c2ccccc21. The standard InChI is InChI=1S/C26H25NO5S2/c1-31-25(29)24(16-33-34-18-12-10-17(14-28)11-13-18)27-26(30)32-15-23-21-8-4-2-6-19(21)20-7-3-5-9-22(20)23/h2-13,23-24,28H,14-16H2,1H3,(H,27,30). The van der Waals surface area contributed by atoms with Crippen molar-refractivity contribution in [1.29, 1.82) is 0 Å². The number of ether oxygens (including phenoxy) is 2. The number of esters is 1. The molecule has 3 aromatic carbocycles. The fourth-order valence-corrected chi connectivity index (χ4v) is 6.07. The minimum absolute atomic E-state index is 0.00738. The van der Waals surface area contributed by atoms with Gasteiger partial charge in [0.1, 0.15) is 12.6 Å². The van der Waals surface area contributed by atoms with Crippen LogP contribution in [0.15, 0.2) is 77.7 Å². The highest BCUT2D eigenvalue weighted by molar-refractivity contribution is 8.76. The molecule has 4 rings (SSSR count). The van der Waals surface area contributed by atoms with Gasteiger partial charge in [0.05, 0.1) is 13.7 Å². The number of benzene rings is 3. The Morgan fingerprint density at radius 2 is 1.59 bits per heavy atom. The monoisotopic (exact) mass is 495 g/mol. The number of carbonyl (C=O) groups is 2. The number of alkyl carbamates (subject to hydrolysis) is 1. The van der Waals surface area contributed by atoms with Crippen molar-refractivity contribution in [3.05, 3.63) is 89.5 Å². The summed E-state index contributed by atoms with van der Waals surface area (Å²) >= 11 is 0. The third-order valence-electron chi connectivity index (χ3n) is 5.62. The maximum atomic E-state index is 12.6. The van der Waals surface area contributed by atoms with Gasteiger partial charge < -0.3 is 19.9 Å². The van der Waals surface area contributed by atoms with Gasteiger partial charge in [0, 0.05) is 16.6 Å². The largest absolute Gasteiger partial charge is 0.467 e. The summed E-state index contributed by atoms with van der Waals surface area (Å²) in [6, 6.07) is 22.9. The highest BCUT2D eigenvalue weighted by Gasteiger charge is 2.30. The second kappa shape index (κ2) is 11.5. The highest BCUT2D eigenvalue weighted by atomic mass is 33.1. The molecule has 0 heterocycles. The maximum Gasteiger partial charge on any atom is 0.407 e. The number of nitrogens with one attached hydrogen (secondary N) is 1. The molecule has 0 saturated carbocycles. The number of amides is 1. The lowest BCUT2D eigenvalue weighted by molar-refractivity contribution is -0.142. The Morgan fingerprint density at radius 3 is 2.18 bits per heavy atom. The summed E-state index contributed by atoms with van der Waals surface area (Å²) in [7, 11) is 4.19. The number of hydrogen-bond donors (Lipinski definition) is 2. The molecule has 3 aromatic rings. The van der Waals surface area contributed by atoms with Crippen molar-refractivity contribution in [3.63, 3.8) is 0 Å². The van der Waals surface area contributed by atoms with E-state index in [0.717, 1.165) is 32.7 Å². The molecule has 1 unspecified atom stereocenters. The normalized spacial score (nSPS) is 13.0. The Bertz CT molecular complexity index is 1110. The maximum absolute atomic E-state index is 12.6. The Labute approximate surface area is 206 Å². The van der Waals surface area contributed by atoms with Gasteiger partial charge in [-0.05, 0) is 39.9 Å². The van der Waals surface area contributed by atoms with Crippen LogP contribution in [0.2, 0.25) is 0 Å². The smallest absolute Gasteiger partial charge is 0.407 e. The van der Waals surface area contributed by atoms with E-state index in [1.807, 2.05) is 48.5 Å². The van der Waals surface area contributed by atoms with Crippen LogP contribution in [0.5, 0.6) is 0 Å². The predicted octanol–water partition coefficient (Wildman–Crippen LogP) is 5.00. The van der Waals surface area contributed by atoms with Gasteiger partial charge in [-0.25, -0.2) is 9.59 Å². The molecule has 0 aromatic heterocycles. The number of carbonyl (C=O) groups excluding carboxylic acids is 2. The van der Waals surface area contributed by atoms with Crippen LogP contribution in [-0.2, 0) is 20.9 Å². The number of methoxy groups -OCH3 is 1. The fraction of sp³-hybridized carbons (Fsp3) is 0.231. The molecule has 8 heteroatoms. The van der Waals surface area contributed by atoms with Crippen LogP contribution in [0, 0.1) is 0 Å². The van der Waals surface area contributed by atoms with E-state index in [9.17, 15) is 9.59 Å². The Balaban J connectivity index is 1.34. The molecule has 0 aliphatic heterocycles. The summed E-state index contributed by atoms with van der Waals surface area (Å²) < 4.78 is 10.4. The van der Waals surface area contributed by atoms with Crippen LogP contribution in [0.1, 0.15) is 22.6 Å². The summed E-state index contributed by atoms with van der Waals surface area (Å²) in [6.45, 7) is 0.166. The molecule has 0 saturated heterocycles. The van der Waals surface area contributed by atoms with E-state index >= 15 is 0 Å². The van der Waals surface area contributed by atoms with Crippen molar-refractivity contribution in [2.75, 3.05) is 19.5 Å². The molecular formula is C26H25NO5S2. The summed E-state index contributed by atoms with van der Waals surface area (Å²) in [5.74, 6) is -0.276. The van der Waals surface area contributed by atoms with Crippen molar-refractivity contribution in [2.45, 2.75) is 23.5 Å². The zero-order valence-electron chi connectivity index (χ0n) is 18.6. The summed E-state index contributed by atoms with van der Waals surface area (Å²) in [5.41, 5.74) is 5.39. The lowest BCUT2D eigenvalue weighted by Crippen LogP contribution is -2.43. The van der Waals surface area contributed by atoms with Gasteiger partial charge in [-0.3, -0.25) is 0 Å². The van der Waals surface area contributed by atoms with E-state index in [4.69, 9.17) is 14.6 Å². The molecule has 0 fully saturated rings. The molecule has 1 atom stereocenters. The van der Waals surface area contributed by atoms with Gasteiger partial charge in [-0.15, -0.1) is 0 Å². The van der Waals surface area contributed by atoms with Crippen molar-refractivity contribution in [2.24, 2.45) is 0 Å². The Hall–Kier alpha value is -2.94. The van der Waals surface area contributed by atoms with Crippen molar-refractivity contribution in [1.82, 2.24) is 5.32 Å². The minimum Gasteiger partial charge on any atom is -0.467 e. The number of fused-ring (bicyclic) bond motifs is 3. The van der Waals surface area contributed by atoms with Crippen LogP contribution < -0.4 is 5.32 Å². The van der Waals surface area contributed by atoms with Crippen molar-refractivity contribution in [3.8, 4) is 11.1 Å². The first-order chi connectivity index (χ1) is 16.6. The number of hydrogen-bond acceptors (Lipinski definition) is 7. The summed E-state index contributed by atoms with van der Waals surface area (Å²) in [4.78, 5) is 25.8. The van der Waals surface area contributed by atoms with E-state index in [-0.39, 0.29) is 19.1 Å². The predicted molar refractivity (Wildman–Crippen MR) is 135 cm³/mol. The second-order valence-electron chi connectivity index (χ2n) is 7.72. The third kappa shape index (κ3) is 5.58. The Morgan fingerprint density at radius 1 is 0.971 bits per heavy atom. The summed E-state index contributed by atoms with van der Waals surface area (Å²) in [5, 5.41) is 11.8. The van der Waals surface area contributed by atoms with E-state index < -0.39 is 18.1 Å². The first-order valence-electron chi connectivity index (χ1n) is 10.8. The highest BCUT2D eigenvalue weighted by Crippen LogP contribution is 2.44. The molecular weight excluding hydrogens is 470 g/mol. The molecule has 0 spiro atoms. The molecule has 34 heavy (non-hydrogen) atoms. The van der Waals surface area contributed by atoms with E-state index in [2.05, 4.69) is 29.6 Å². The van der Waals surface area contributed by atoms with Gasteiger partial charge in [-0.2, -0.15) is 0 Å². The number of aliphatic hydroxyl groups excluding tert-OH is 1. The minimum atomic E-state index is -0.838. The van der Waals surface area contributed by atoms with Crippen LogP contribution in [0.25, 0.3) is 11.1 Å². The molecule has 1 aliphatic rings. The molecule has 6 nitrogen and oxygen atoms in total. The number of rotatable bonds is 9. The summed E-state index contributed by atoms with van der Waals surface area (Å²) in [6.07, 6.45) is -0.657. The van der Waals surface area contributed by atoms with Gasteiger partial charge in [0.2, 0.25) is 0 Å². The molecule has 2 N–H and O–H groups in total. The average molecular weight is 496 g/mol. The third-order valence-corrected chi connectivity index (χ3v) is 8.01.